The third-order valence-corrected chi connectivity index (χ3v) is 4.16. The van der Waals surface area contributed by atoms with E-state index in [1.807, 2.05) is 0 Å². The molecule has 5 unspecified atom stereocenters. The van der Waals surface area contributed by atoms with Gasteiger partial charge in [0.2, 0.25) is 0 Å². The molecule has 1 fully saturated rings. The van der Waals surface area contributed by atoms with Gasteiger partial charge in [0, 0.05) is 12.3 Å². The number of alkyl halides is 1. The summed E-state index contributed by atoms with van der Waals surface area (Å²) >= 11 is 1.61. The number of pyridine rings is 1. The van der Waals surface area contributed by atoms with E-state index in [0.717, 1.165) is 4.73 Å². The highest BCUT2D eigenvalue weighted by molar-refractivity contribution is 14.1. The van der Waals surface area contributed by atoms with Gasteiger partial charge in [0.1, 0.15) is 18.3 Å². The largest absolute Gasteiger partial charge is 0.392 e. The molecule has 0 radical (unpaired) electrons. The van der Waals surface area contributed by atoms with E-state index >= 15 is 0 Å². The van der Waals surface area contributed by atoms with Crippen molar-refractivity contribution < 1.29 is 30.0 Å². The molecule has 5 atom stereocenters. The van der Waals surface area contributed by atoms with E-state index in [9.17, 15) is 25.2 Å². The van der Waals surface area contributed by atoms with Gasteiger partial charge in [0.15, 0.2) is 3.61 Å². The standard InChI is InChI=1S/C11H14INO7/c12-11(5-14)9(18)7(16)8(17)10(19-11)20-13-4-2-1-3-6(13)15/h1-4,7-10,14,16-18H,5H2. The van der Waals surface area contributed by atoms with Crippen LogP contribution in [0, 0.1) is 0 Å². The molecule has 1 aromatic heterocycles. The van der Waals surface area contributed by atoms with Crippen LogP contribution in [-0.4, -0.2) is 60.0 Å². The van der Waals surface area contributed by atoms with Crippen LogP contribution in [0.15, 0.2) is 29.2 Å². The number of aromatic nitrogens is 1. The monoisotopic (exact) mass is 399 g/mol. The maximum absolute atomic E-state index is 11.5. The Kier molecular flexibility index (Phi) is 4.66. The number of rotatable bonds is 3. The van der Waals surface area contributed by atoms with E-state index in [1.165, 1.54) is 24.4 Å². The van der Waals surface area contributed by atoms with Crippen LogP contribution in [-0.2, 0) is 4.74 Å². The van der Waals surface area contributed by atoms with E-state index in [0.29, 0.717) is 0 Å². The summed E-state index contributed by atoms with van der Waals surface area (Å²) in [5.41, 5.74) is -0.494. The van der Waals surface area contributed by atoms with E-state index in [1.54, 1.807) is 22.6 Å². The second-order valence-corrected chi connectivity index (χ2v) is 6.15. The molecule has 0 amide bonds. The average Bonchev–Trinajstić information content (AvgIpc) is 2.45. The van der Waals surface area contributed by atoms with Crippen LogP contribution in [0.2, 0.25) is 0 Å². The first-order chi connectivity index (χ1) is 9.39. The normalized spacial score (nSPS) is 37.6. The lowest BCUT2D eigenvalue weighted by Gasteiger charge is -2.44. The molecule has 2 rings (SSSR count). The molecule has 1 saturated heterocycles. The van der Waals surface area contributed by atoms with Gasteiger partial charge in [-0.05, 0) is 28.7 Å². The average molecular weight is 399 g/mol. The summed E-state index contributed by atoms with van der Waals surface area (Å²) in [7, 11) is 0. The number of aliphatic hydroxyl groups is 4. The van der Waals surface area contributed by atoms with Crippen LogP contribution in [0.5, 0.6) is 0 Å². The Morgan fingerprint density at radius 3 is 2.65 bits per heavy atom. The SMILES string of the molecule is O=c1ccccn1OC1OC(I)(CO)C(O)C(O)C1O. The number of nitrogens with zero attached hydrogens (tertiary/aromatic N) is 1. The number of ether oxygens (including phenoxy) is 1. The number of hydrogen-bond acceptors (Lipinski definition) is 7. The van der Waals surface area contributed by atoms with Gasteiger partial charge in [-0.15, -0.1) is 4.73 Å². The van der Waals surface area contributed by atoms with Crippen molar-refractivity contribution >= 4 is 22.6 Å². The molecule has 0 bridgehead atoms. The molecule has 0 aliphatic carbocycles. The van der Waals surface area contributed by atoms with Gasteiger partial charge in [-0.1, -0.05) is 6.07 Å². The zero-order valence-electron chi connectivity index (χ0n) is 10.2. The Labute approximate surface area is 127 Å². The summed E-state index contributed by atoms with van der Waals surface area (Å²) in [6.07, 6.45) is -4.78. The van der Waals surface area contributed by atoms with Gasteiger partial charge in [-0.3, -0.25) is 4.79 Å². The number of halogens is 1. The lowest BCUT2D eigenvalue weighted by Crippen LogP contribution is -2.65. The Morgan fingerprint density at radius 1 is 1.35 bits per heavy atom. The quantitative estimate of drug-likeness (QED) is 0.338. The van der Waals surface area contributed by atoms with Gasteiger partial charge in [-0.25, -0.2) is 0 Å². The lowest BCUT2D eigenvalue weighted by molar-refractivity contribution is -0.306. The minimum absolute atomic E-state index is 0.494. The zero-order valence-corrected chi connectivity index (χ0v) is 12.3. The smallest absolute Gasteiger partial charge is 0.283 e. The highest BCUT2D eigenvalue weighted by Gasteiger charge is 2.53. The lowest BCUT2D eigenvalue weighted by atomic mass is 9.99. The Hall–Kier alpha value is -0.720. The fourth-order valence-corrected chi connectivity index (χ4v) is 2.38. The van der Waals surface area contributed by atoms with Crippen LogP contribution >= 0.6 is 22.6 Å². The second kappa shape index (κ2) is 5.95. The van der Waals surface area contributed by atoms with Crippen molar-refractivity contribution in [3.8, 4) is 0 Å². The molecule has 1 aliphatic heterocycles. The predicted molar refractivity (Wildman–Crippen MR) is 74.0 cm³/mol. The summed E-state index contributed by atoms with van der Waals surface area (Å²) in [5, 5.41) is 38.6. The van der Waals surface area contributed by atoms with Crippen LogP contribution in [0.1, 0.15) is 0 Å². The Balaban J connectivity index is 2.23. The molecular formula is C11H14INO7. The summed E-state index contributed by atoms with van der Waals surface area (Å²) < 4.78 is 4.56. The van der Waals surface area contributed by atoms with Crippen LogP contribution < -0.4 is 10.4 Å². The van der Waals surface area contributed by atoms with E-state index in [4.69, 9.17) is 9.57 Å². The Morgan fingerprint density at radius 2 is 2.05 bits per heavy atom. The highest BCUT2D eigenvalue weighted by Crippen LogP contribution is 2.34. The van der Waals surface area contributed by atoms with Crippen molar-refractivity contribution in [2.75, 3.05) is 6.61 Å². The fourth-order valence-electron chi connectivity index (χ4n) is 1.76. The summed E-state index contributed by atoms with van der Waals surface area (Å²) in [6.45, 7) is -0.609. The third-order valence-electron chi connectivity index (χ3n) is 2.93. The molecule has 20 heavy (non-hydrogen) atoms. The van der Waals surface area contributed by atoms with E-state index in [-0.39, 0.29) is 0 Å². The molecule has 1 aromatic rings. The Bertz CT molecular complexity index is 523. The summed E-state index contributed by atoms with van der Waals surface area (Å²) in [5.74, 6) is 0. The van der Waals surface area contributed by atoms with Gasteiger partial charge in [0.05, 0.1) is 6.61 Å². The van der Waals surface area contributed by atoms with Crippen LogP contribution in [0.25, 0.3) is 0 Å². The van der Waals surface area contributed by atoms with Gasteiger partial charge in [0.25, 0.3) is 11.8 Å². The number of aliphatic hydroxyl groups excluding tert-OH is 4. The second-order valence-electron chi connectivity index (χ2n) is 4.33. The van der Waals surface area contributed by atoms with Crippen molar-refractivity contribution in [2.45, 2.75) is 28.2 Å². The van der Waals surface area contributed by atoms with E-state index in [2.05, 4.69) is 0 Å². The zero-order chi connectivity index (χ0) is 14.9. The van der Waals surface area contributed by atoms with Crippen molar-refractivity contribution in [3.63, 3.8) is 0 Å². The van der Waals surface area contributed by atoms with Crippen molar-refractivity contribution in [2.24, 2.45) is 0 Å². The molecule has 0 spiro atoms. The van der Waals surface area contributed by atoms with Gasteiger partial charge >= 0.3 is 0 Å². The molecule has 0 aromatic carbocycles. The van der Waals surface area contributed by atoms with Crippen molar-refractivity contribution in [1.29, 1.82) is 0 Å². The molecule has 2 heterocycles. The minimum Gasteiger partial charge on any atom is -0.392 e. The summed E-state index contributed by atoms with van der Waals surface area (Å²) in [4.78, 5) is 16.7. The first kappa shape index (κ1) is 15.7. The molecule has 0 saturated carbocycles. The van der Waals surface area contributed by atoms with Crippen molar-refractivity contribution in [3.05, 3.63) is 34.7 Å². The predicted octanol–water partition coefficient (Wildman–Crippen LogP) is -2.16. The van der Waals surface area contributed by atoms with Gasteiger partial charge < -0.3 is 30.0 Å². The highest BCUT2D eigenvalue weighted by atomic mass is 127. The first-order valence-electron chi connectivity index (χ1n) is 5.75. The van der Waals surface area contributed by atoms with Crippen LogP contribution in [0.3, 0.4) is 0 Å². The van der Waals surface area contributed by atoms with E-state index < -0.39 is 40.4 Å². The maximum Gasteiger partial charge on any atom is 0.283 e. The fraction of sp³-hybridized carbons (Fsp3) is 0.545. The molecule has 112 valence electrons. The van der Waals surface area contributed by atoms with Crippen molar-refractivity contribution in [1.82, 2.24) is 4.73 Å². The minimum atomic E-state index is -1.59. The topological polar surface area (TPSA) is 121 Å². The third kappa shape index (κ3) is 2.82. The van der Waals surface area contributed by atoms with Crippen LogP contribution in [0.4, 0.5) is 0 Å². The molecule has 1 aliphatic rings. The summed E-state index contributed by atoms with van der Waals surface area (Å²) in [6, 6.07) is 4.28. The number of hydrogen-bond donors (Lipinski definition) is 4. The molecule has 9 heteroatoms. The molecule has 4 N–H and O–H groups in total. The van der Waals surface area contributed by atoms with Gasteiger partial charge in [-0.2, -0.15) is 0 Å². The molecule has 8 nitrogen and oxygen atoms in total. The maximum atomic E-state index is 11.5. The first-order valence-corrected chi connectivity index (χ1v) is 6.83. The molecular weight excluding hydrogens is 385 g/mol.